The van der Waals surface area contributed by atoms with E-state index in [1.54, 1.807) is 24.3 Å². The summed E-state index contributed by atoms with van der Waals surface area (Å²) < 4.78 is 49.7. The van der Waals surface area contributed by atoms with Crippen molar-refractivity contribution < 1.29 is 21.6 Å². The molecule has 1 aromatic heterocycles. The summed E-state index contributed by atoms with van der Waals surface area (Å²) in [4.78, 5) is 27.8. The smallest absolute Gasteiger partial charge is 0.305 e. The van der Waals surface area contributed by atoms with Crippen molar-refractivity contribution in [1.82, 2.24) is 14.2 Å². The summed E-state index contributed by atoms with van der Waals surface area (Å²) >= 11 is 0.655. The Morgan fingerprint density at radius 1 is 1.14 bits per heavy atom. The van der Waals surface area contributed by atoms with Gasteiger partial charge in [0.15, 0.2) is 14.0 Å². The molecule has 1 N–H and O–H groups in total. The van der Waals surface area contributed by atoms with Crippen LogP contribution in [0, 0.1) is 6.92 Å². The Labute approximate surface area is 172 Å². The summed E-state index contributed by atoms with van der Waals surface area (Å²) in [5.41, 5.74) is 1.20. The quantitative estimate of drug-likeness (QED) is 0.692. The van der Waals surface area contributed by atoms with E-state index in [0.29, 0.717) is 28.2 Å². The molecule has 2 heterocycles. The SMILES string of the molecule is Cc1[nH]c(=O)sc1S(=O)(=O)N1CCN(C(=O)c2cccc(CS(C)(=O)=O)c2)CC1. The van der Waals surface area contributed by atoms with Gasteiger partial charge in [-0.05, 0) is 24.6 Å². The van der Waals surface area contributed by atoms with Gasteiger partial charge in [-0.1, -0.05) is 23.5 Å². The Morgan fingerprint density at radius 2 is 1.79 bits per heavy atom. The summed E-state index contributed by atoms with van der Waals surface area (Å²) in [6, 6.07) is 6.43. The number of carbonyl (C=O) groups is 1. The number of carbonyl (C=O) groups excluding carboxylic acids is 1. The summed E-state index contributed by atoms with van der Waals surface area (Å²) in [5.74, 6) is -0.432. The van der Waals surface area contributed by atoms with Crippen molar-refractivity contribution in [2.24, 2.45) is 0 Å². The zero-order chi connectivity index (χ0) is 21.4. The van der Waals surface area contributed by atoms with Crippen LogP contribution in [0.4, 0.5) is 0 Å². The zero-order valence-corrected chi connectivity index (χ0v) is 18.4. The standard InChI is InChI=1S/C17H21N3O6S3/c1-12-16(27-17(22)18-12)29(25,26)20-8-6-19(7-9-20)15(21)14-5-3-4-13(10-14)11-28(2,23)24/h3-5,10H,6-9,11H2,1-2H3,(H,18,22). The van der Waals surface area contributed by atoms with Crippen molar-refractivity contribution in [3.63, 3.8) is 0 Å². The lowest BCUT2D eigenvalue weighted by atomic mass is 10.1. The van der Waals surface area contributed by atoms with Crippen molar-refractivity contribution in [3.8, 4) is 0 Å². The maximum Gasteiger partial charge on any atom is 0.305 e. The van der Waals surface area contributed by atoms with Gasteiger partial charge in [-0.2, -0.15) is 4.31 Å². The molecule has 29 heavy (non-hydrogen) atoms. The fourth-order valence-electron chi connectivity index (χ4n) is 3.16. The van der Waals surface area contributed by atoms with E-state index < -0.39 is 24.7 Å². The molecule has 1 aromatic carbocycles. The number of aromatic nitrogens is 1. The average molecular weight is 460 g/mol. The van der Waals surface area contributed by atoms with E-state index in [1.807, 2.05) is 0 Å². The van der Waals surface area contributed by atoms with Crippen molar-refractivity contribution in [2.75, 3.05) is 32.4 Å². The number of aryl methyl sites for hydroxylation is 1. The molecule has 1 aliphatic heterocycles. The predicted molar refractivity (Wildman–Crippen MR) is 109 cm³/mol. The van der Waals surface area contributed by atoms with Gasteiger partial charge < -0.3 is 9.88 Å². The largest absolute Gasteiger partial charge is 0.336 e. The van der Waals surface area contributed by atoms with Crippen LogP contribution in [0.25, 0.3) is 0 Å². The Bertz CT molecular complexity index is 1190. The van der Waals surface area contributed by atoms with Gasteiger partial charge in [0.25, 0.3) is 15.9 Å². The number of H-pyrrole nitrogens is 1. The molecule has 0 saturated carbocycles. The number of nitrogens with zero attached hydrogens (tertiary/aromatic N) is 2. The molecule has 1 saturated heterocycles. The molecule has 12 heteroatoms. The highest BCUT2D eigenvalue weighted by atomic mass is 32.2. The van der Waals surface area contributed by atoms with Crippen LogP contribution >= 0.6 is 11.3 Å². The van der Waals surface area contributed by atoms with Gasteiger partial charge in [-0.3, -0.25) is 9.59 Å². The topological polar surface area (TPSA) is 125 Å². The summed E-state index contributed by atoms with van der Waals surface area (Å²) in [7, 11) is -7.02. The zero-order valence-electron chi connectivity index (χ0n) is 15.9. The second kappa shape index (κ2) is 8.01. The van der Waals surface area contributed by atoms with Crippen molar-refractivity contribution in [3.05, 3.63) is 50.8 Å². The number of thiazole rings is 1. The van der Waals surface area contributed by atoms with Crippen LogP contribution < -0.4 is 4.87 Å². The number of sulfone groups is 1. The number of hydrogen-bond donors (Lipinski definition) is 1. The van der Waals surface area contributed by atoms with Crippen molar-refractivity contribution in [1.29, 1.82) is 0 Å². The lowest BCUT2D eigenvalue weighted by Crippen LogP contribution is -2.50. The predicted octanol–water partition coefficient (Wildman–Crippen LogP) is 0.436. The number of amides is 1. The van der Waals surface area contributed by atoms with E-state index in [0.717, 1.165) is 6.26 Å². The minimum atomic E-state index is -3.80. The first-order valence-electron chi connectivity index (χ1n) is 8.73. The van der Waals surface area contributed by atoms with Crippen molar-refractivity contribution >= 4 is 37.1 Å². The van der Waals surface area contributed by atoms with E-state index in [1.165, 1.54) is 16.1 Å². The third-order valence-electron chi connectivity index (χ3n) is 4.48. The molecule has 1 amide bonds. The summed E-state index contributed by atoms with van der Waals surface area (Å²) in [5, 5.41) is 0. The van der Waals surface area contributed by atoms with Crippen LogP contribution in [-0.2, 0) is 25.6 Å². The Morgan fingerprint density at radius 3 is 2.34 bits per heavy atom. The maximum atomic E-state index is 12.8. The van der Waals surface area contributed by atoms with E-state index in [2.05, 4.69) is 4.98 Å². The molecular formula is C17H21N3O6S3. The fraction of sp³-hybridized carbons (Fsp3) is 0.412. The number of piperazine rings is 1. The highest BCUT2D eigenvalue weighted by Crippen LogP contribution is 2.23. The lowest BCUT2D eigenvalue weighted by Gasteiger charge is -2.33. The van der Waals surface area contributed by atoms with E-state index in [9.17, 15) is 26.4 Å². The van der Waals surface area contributed by atoms with Crippen LogP contribution in [0.1, 0.15) is 21.6 Å². The minimum absolute atomic E-state index is 0.00393. The minimum Gasteiger partial charge on any atom is -0.336 e. The molecule has 9 nitrogen and oxygen atoms in total. The van der Waals surface area contributed by atoms with E-state index in [-0.39, 0.29) is 42.0 Å². The summed E-state index contributed by atoms with van der Waals surface area (Å²) in [6.45, 7) is 2.17. The van der Waals surface area contributed by atoms with Gasteiger partial charge in [0.1, 0.15) is 0 Å². The molecule has 0 atom stereocenters. The first-order chi connectivity index (χ1) is 13.5. The number of rotatable bonds is 5. The number of benzene rings is 1. The molecule has 0 radical (unpaired) electrons. The van der Waals surface area contributed by atoms with Crippen LogP contribution in [0.3, 0.4) is 0 Å². The average Bonchev–Trinajstić information content (AvgIpc) is 2.99. The van der Waals surface area contributed by atoms with Gasteiger partial charge in [0.05, 0.1) is 5.75 Å². The van der Waals surface area contributed by atoms with Crippen LogP contribution in [0.15, 0.2) is 33.3 Å². The first-order valence-corrected chi connectivity index (χ1v) is 13.0. The van der Waals surface area contributed by atoms with Gasteiger partial charge in [0, 0.05) is 43.7 Å². The number of nitrogens with one attached hydrogen (secondary N) is 1. The molecule has 158 valence electrons. The Kier molecular flexibility index (Phi) is 5.99. The van der Waals surface area contributed by atoms with Crippen LogP contribution in [0.5, 0.6) is 0 Å². The third-order valence-corrected chi connectivity index (χ3v) is 8.82. The Balaban J connectivity index is 1.71. The van der Waals surface area contributed by atoms with Gasteiger partial charge >= 0.3 is 4.87 Å². The lowest BCUT2D eigenvalue weighted by molar-refractivity contribution is 0.0698. The normalized spacial score (nSPS) is 16.1. The fourth-order valence-corrected chi connectivity index (χ4v) is 6.81. The van der Waals surface area contributed by atoms with Gasteiger partial charge in [-0.15, -0.1) is 0 Å². The van der Waals surface area contributed by atoms with Gasteiger partial charge in [-0.25, -0.2) is 16.8 Å². The maximum absolute atomic E-state index is 12.8. The monoisotopic (exact) mass is 459 g/mol. The van der Waals surface area contributed by atoms with Gasteiger partial charge in [0.2, 0.25) is 0 Å². The third kappa shape index (κ3) is 4.94. The molecule has 1 aliphatic rings. The molecule has 0 aliphatic carbocycles. The molecule has 2 aromatic rings. The molecule has 0 bridgehead atoms. The van der Waals surface area contributed by atoms with Crippen molar-refractivity contribution in [2.45, 2.75) is 16.9 Å². The first kappa shape index (κ1) is 21.7. The second-order valence-corrected chi connectivity index (χ2v) is 12.2. The number of sulfonamides is 1. The highest BCUT2D eigenvalue weighted by Gasteiger charge is 2.33. The van der Waals surface area contributed by atoms with Crippen LogP contribution in [-0.4, -0.2) is 69.4 Å². The second-order valence-electron chi connectivity index (χ2n) is 6.89. The molecule has 0 spiro atoms. The molecule has 3 rings (SSSR count). The van der Waals surface area contributed by atoms with E-state index >= 15 is 0 Å². The number of aromatic amines is 1. The molecule has 1 fully saturated rings. The summed E-state index contributed by atoms with van der Waals surface area (Å²) in [6.07, 6.45) is 1.13. The highest BCUT2D eigenvalue weighted by molar-refractivity contribution is 7.91. The van der Waals surface area contributed by atoms with E-state index in [4.69, 9.17) is 0 Å². The number of hydrogen-bond acceptors (Lipinski definition) is 7. The Hall–Kier alpha value is -2.02. The molecule has 0 unspecified atom stereocenters. The van der Waals surface area contributed by atoms with Crippen LogP contribution in [0.2, 0.25) is 0 Å². The molecular weight excluding hydrogens is 438 g/mol.